The third-order valence-corrected chi connectivity index (χ3v) is 5.44. The average Bonchev–Trinajstić information content (AvgIpc) is 3.20. The lowest BCUT2D eigenvalue weighted by Crippen LogP contribution is -2.37. The minimum atomic E-state index is -0.512. The highest BCUT2D eigenvalue weighted by atomic mass is 16.5. The van der Waals surface area contributed by atoms with Crippen LogP contribution in [0.4, 0.5) is 23.1 Å². The summed E-state index contributed by atoms with van der Waals surface area (Å²) in [5.74, 6) is 1.54. The maximum atomic E-state index is 12.2. The number of ether oxygens (including phenoxy) is 1. The molecule has 4 heterocycles. The molecule has 0 atom stereocenters. The van der Waals surface area contributed by atoms with Crippen molar-refractivity contribution < 1.29 is 9.53 Å². The number of fused-ring (bicyclic) bond motifs is 2. The van der Waals surface area contributed by atoms with Crippen LogP contribution >= 0.6 is 0 Å². The molecule has 2 aromatic heterocycles. The van der Waals surface area contributed by atoms with Gasteiger partial charge in [0, 0.05) is 24.5 Å². The molecule has 1 fully saturated rings. The van der Waals surface area contributed by atoms with Crippen LogP contribution in [0.25, 0.3) is 5.65 Å². The molecule has 0 spiro atoms. The Morgan fingerprint density at radius 1 is 1.18 bits per heavy atom. The number of rotatable bonds is 3. The Bertz CT molecular complexity index is 1070. The second kappa shape index (κ2) is 6.20. The zero-order valence-electron chi connectivity index (χ0n) is 15.9. The number of nitrogens with one attached hydrogen (secondary N) is 2. The van der Waals surface area contributed by atoms with Crippen LogP contribution in [0.3, 0.4) is 0 Å². The number of carbonyl (C=O) groups is 1. The maximum absolute atomic E-state index is 12.2. The first-order chi connectivity index (χ1) is 13.5. The summed E-state index contributed by atoms with van der Waals surface area (Å²) in [6.45, 7) is 6.96. The largest absolute Gasteiger partial charge is 0.378 e. The Morgan fingerprint density at radius 3 is 2.82 bits per heavy atom. The Labute approximate surface area is 162 Å². The molecule has 0 saturated carbocycles. The van der Waals surface area contributed by atoms with Crippen molar-refractivity contribution in [1.29, 1.82) is 0 Å². The van der Waals surface area contributed by atoms with E-state index in [0.717, 1.165) is 41.5 Å². The summed E-state index contributed by atoms with van der Waals surface area (Å²) < 4.78 is 7.30. The fourth-order valence-electron chi connectivity index (χ4n) is 3.78. The number of pyridine rings is 1. The third kappa shape index (κ3) is 2.68. The van der Waals surface area contributed by atoms with Crippen molar-refractivity contribution in [2.45, 2.75) is 19.3 Å². The fourth-order valence-corrected chi connectivity index (χ4v) is 3.78. The quantitative estimate of drug-likeness (QED) is 0.729. The molecule has 2 N–H and O–H groups in total. The molecule has 1 amide bonds. The van der Waals surface area contributed by atoms with Gasteiger partial charge in [-0.15, -0.1) is 5.10 Å². The summed E-state index contributed by atoms with van der Waals surface area (Å²) in [5.41, 5.74) is 2.93. The lowest BCUT2D eigenvalue weighted by Gasteiger charge is -2.28. The summed E-state index contributed by atoms with van der Waals surface area (Å²) in [7, 11) is 0. The van der Waals surface area contributed by atoms with Gasteiger partial charge in [0.05, 0.1) is 18.6 Å². The van der Waals surface area contributed by atoms with Crippen LogP contribution in [0.5, 0.6) is 0 Å². The molecule has 8 nitrogen and oxygen atoms in total. The molecule has 5 rings (SSSR count). The van der Waals surface area contributed by atoms with Gasteiger partial charge in [-0.1, -0.05) is 12.1 Å². The van der Waals surface area contributed by atoms with Gasteiger partial charge in [0.15, 0.2) is 5.65 Å². The van der Waals surface area contributed by atoms with Gasteiger partial charge >= 0.3 is 0 Å². The first-order valence-electron chi connectivity index (χ1n) is 9.44. The number of amides is 1. The average molecular weight is 378 g/mol. The summed E-state index contributed by atoms with van der Waals surface area (Å²) in [6, 6.07) is 11.8. The summed E-state index contributed by atoms with van der Waals surface area (Å²) in [6.07, 6.45) is 0. The normalized spacial score (nSPS) is 18.2. The lowest BCUT2D eigenvalue weighted by atomic mass is 9.86. The van der Waals surface area contributed by atoms with E-state index in [1.807, 2.05) is 54.8 Å². The molecule has 8 heteroatoms. The number of anilines is 4. The van der Waals surface area contributed by atoms with Crippen LogP contribution in [0.1, 0.15) is 19.4 Å². The van der Waals surface area contributed by atoms with Crippen molar-refractivity contribution in [3.05, 3.63) is 42.0 Å². The highest BCUT2D eigenvalue weighted by Crippen LogP contribution is 2.38. The van der Waals surface area contributed by atoms with Crippen LogP contribution in [-0.2, 0) is 14.9 Å². The van der Waals surface area contributed by atoms with Crippen molar-refractivity contribution in [1.82, 2.24) is 14.6 Å². The molecule has 0 bridgehead atoms. The van der Waals surface area contributed by atoms with E-state index in [1.54, 1.807) is 0 Å². The minimum absolute atomic E-state index is 0.0145. The highest BCUT2D eigenvalue weighted by molar-refractivity contribution is 6.06. The van der Waals surface area contributed by atoms with Gasteiger partial charge in [-0.3, -0.25) is 4.79 Å². The molecule has 0 aliphatic carbocycles. The topological polar surface area (TPSA) is 83.8 Å². The van der Waals surface area contributed by atoms with Gasteiger partial charge in [-0.25, -0.2) is 0 Å². The fraction of sp³-hybridized carbons (Fsp3) is 0.350. The van der Waals surface area contributed by atoms with Gasteiger partial charge in [-0.2, -0.15) is 9.50 Å². The van der Waals surface area contributed by atoms with E-state index in [-0.39, 0.29) is 5.91 Å². The Balaban J connectivity index is 1.45. The van der Waals surface area contributed by atoms with Gasteiger partial charge in [-0.05, 0) is 43.7 Å². The van der Waals surface area contributed by atoms with Gasteiger partial charge < -0.3 is 20.3 Å². The van der Waals surface area contributed by atoms with E-state index < -0.39 is 5.41 Å². The molecular formula is C20H22N6O2. The van der Waals surface area contributed by atoms with E-state index >= 15 is 0 Å². The number of benzene rings is 1. The highest BCUT2D eigenvalue weighted by Gasteiger charge is 2.38. The third-order valence-electron chi connectivity index (χ3n) is 5.44. The van der Waals surface area contributed by atoms with Crippen LogP contribution in [0, 0.1) is 0 Å². The minimum Gasteiger partial charge on any atom is -0.378 e. The Kier molecular flexibility index (Phi) is 3.77. The Morgan fingerprint density at radius 2 is 2.00 bits per heavy atom. The molecule has 2 aliphatic heterocycles. The molecule has 1 saturated heterocycles. The van der Waals surface area contributed by atoms with Crippen molar-refractivity contribution >= 4 is 34.7 Å². The zero-order chi connectivity index (χ0) is 19.3. The van der Waals surface area contributed by atoms with Crippen LogP contribution in [0.2, 0.25) is 0 Å². The van der Waals surface area contributed by atoms with E-state index in [9.17, 15) is 4.79 Å². The number of carbonyl (C=O) groups excluding carboxylic acids is 1. The number of hydrogen-bond donors (Lipinski definition) is 2. The first kappa shape index (κ1) is 17.0. The lowest BCUT2D eigenvalue weighted by molar-refractivity contribution is -0.119. The maximum Gasteiger partial charge on any atom is 0.247 e. The van der Waals surface area contributed by atoms with E-state index in [4.69, 9.17) is 4.74 Å². The SMILES string of the molecule is CC1(C)C(=O)Nc2cc(Nc3nc4cccc(N5CCOCC5)n4n3)ccc21. The molecule has 144 valence electrons. The molecule has 28 heavy (non-hydrogen) atoms. The number of nitrogens with zero attached hydrogens (tertiary/aromatic N) is 4. The van der Waals surface area contributed by atoms with E-state index in [2.05, 4.69) is 25.6 Å². The smallest absolute Gasteiger partial charge is 0.247 e. The van der Waals surface area contributed by atoms with Crippen molar-refractivity contribution in [2.24, 2.45) is 0 Å². The van der Waals surface area contributed by atoms with Gasteiger partial charge in [0.25, 0.3) is 0 Å². The number of aromatic nitrogens is 3. The molecule has 2 aliphatic rings. The molecular weight excluding hydrogens is 356 g/mol. The molecule has 1 aromatic carbocycles. The summed E-state index contributed by atoms with van der Waals surface area (Å²) >= 11 is 0. The van der Waals surface area contributed by atoms with Gasteiger partial charge in [0.1, 0.15) is 5.82 Å². The number of hydrogen-bond acceptors (Lipinski definition) is 6. The number of morpholine rings is 1. The van der Waals surface area contributed by atoms with Crippen molar-refractivity contribution in [3.63, 3.8) is 0 Å². The monoisotopic (exact) mass is 378 g/mol. The van der Waals surface area contributed by atoms with Gasteiger partial charge in [0.2, 0.25) is 11.9 Å². The predicted molar refractivity (Wildman–Crippen MR) is 107 cm³/mol. The Hall–Kier alpha value is -3.13. The van der Waals surface area contributed by atoms with Crippen LogP contribution in [0.15, 0.2) is 36.4 Å². The van der Waals surface area contributed by atoms with Crippen molar-refractivity contribution in [3.8, 4) is 0 Å². The first-order valence-corrected chi connectivity index (χ1v) is 9.44. The van der Waals surface area contributed by atoms with Crippen LogP contribution in [-0.4, -0.2) is 46.8 Å². The predicted octanol–water partition coefficient (Wildman–Crippen LogP) is 2.54. The van der Waals surface area contributed by atoms with E-state index in [1.165, 1.54) is 0 Å². The van der Waals surface area contributed by atoms with Crippen molar-refractivity contribution in [2.75, 3.05) is 41.8 Å². The summed E-state index contributed by atoms with van der Waals surface area (Å²) in [4.78, 5) is 19.0. The second-order valence-corrected chi connectivity index (χ2v) is 7.65. The summed E-state index contributed by atoms with van der Waals surface area (Å²) in [5, 5.41) is 10.9. The molecule has 0 unspecified atom stereocenters. The second-order valence-electron chi connectivity index (χ2n) is 7.65. The zero-order valence-corrected chi connectivity index (χ0v) is 15.9. The van der Waals surface area contributed by atoms with Crippen LogP contribution < -0.4 is 15.5 Å². The van der Waals surface area contributed by atoms with E-state index in [0.29, 0.717) is 19.2 Å². The molecule has 0 radical (unpaired) electrons. The standard InChI is InChI=1S/C20H22N6O2/c1-20(2)14-7-6-13(12-15(14)22-18(20)27)21-19-23-16-4-3-5-17(26(16)24-19)25-8-10-28-11-9-25/h3-7,12H,8-11H2,1-2H3,(H,21,24)(H,22,27). The molecule has 3 aromatic rings.